The first-order chi connectivity index (χ1) is 20.7. The molecule has 2 heterocycles. The van der Waals surface area contributed by atoms with Crippen LogP contribution in [0.15, 0.2) is 48.5 Å². The Morgan fingerprint density at radius 1 is 0.628 bits per heavy atom. The predicted octanol–water partition coefficient (Wildman–Crippen LogP) is 6.38. The Labute approximate surface area is 258 Å². The van der Waals surface area contributed by atoms with Gasteiger partial charge >= 0.3 is 0 Å². The van der Waals surface area contributed by atoms with E-state index < -0.39 is 0 Å². The Bertz CT molecular complexity index is 980. The first kappa shape index (κ1) is 33.7. The second-order valence-corrected chi connectivity index (χ2v) is 12.6. The van der Waals surface area contributed by atoms with Gasteiger partial charge in [-0.15, -0.1) is 0 Å². The monoisotopic (exact) mass is 600 g/mol. The summed E-state index contributed by atoms with van der Waals surface area (Å²) in [7, 11) is 0. The van der Waals surface area contributed by atoms with Crippen molar-refractivity contribution < 1.29 is 37.9 Å². The minimum absolute atomic E-state index is 0.195. The molecule has 0 aliphatic carbocycles. The van der Waals surface area contributed by atoms with Crippen LogP contribution in [0.1, 0.15) is 65.5 Å². The Balaban J connectivity index is 1.15. The molecule has 2 atom stereocenters. The third-order valence-corrected chi connectivity index (χ3v) is 8.87. The van der Waals surface area contributed by atoms with Crippen molar-refractivity contribution in [3.63, 3.8) is 0 Å². The van der Waals surface area contributed by atoms with Crippen LogP contribution in [0.2, 0.25) is 0 Å². The molecule has 240 valence electrons. The molecule has 2 aromatic rings. The molecule has 2 fully saturated rings. The van der Waals surface area contributed by atoms with Crippen molar-refractivity contribution in [2.75, 3.05) is 66.1 Å². The average Bonchev–Trinajstić information content (AvgIpc) is 2.96. The van der Waals surface area contributed by atoms with Gasteiger partial charge in [-0.05, 0) is 62.1 Å². The zero-order valence-corrected chi connectivity index (χ0v) is 27.0. The minimum Gasteiger partial charge on any atom is -0.465 e. The molecular formula is C35H52O8. The summed E-state index contributed by atoms with van der Waals surface area (Å²) in [5, 5.41) is 0. The molecule has 4 rings (SSSR count). The molecule has 2 aliphatic heterocycles. The van der Waals surface area contributed by atoms with Gasteiger partial charge in [-0.2, -0.15) is 0 Å². The summed E-state index contributed by atoms with van der Waals surface area (Å²) in [5.74, 6) is 1.55. The van der Waals surface area contributed by atoms with Crippen LogP contribution in [-0.4, -0.2) is 78.6 Å². The second kappa shape index (κ2) is 15.7. The van der Waals surface area contributed by atoms with Crippen molar-refractivity contribution in [2.24, 2.45) is 10.8 Å². The topological polar surface area (TPSA) is 73.8 Å². The summed E-state index contributed by atoms with van der Waals surface area (Å²) in [4.78, 5) is 0. The van der Waals surface area contributed by atoms with Gasteiger partial charge in [0.25, 0.3) is 0 Å². The quantitative estimate of drug-likeness (QED) is 0.128. The molecule has 8 nitrogen and oxygen atoms in total. The smallest absolute Gasteiger partial charge is 0.197 e. The first-order valence-corrected chi connectivity index (χ1v) is 15.8. The number of ether oxygens (including phenoxy) is 8. The molecular weight excluding hydrogens is 548 g/mol. The van der Waals surface area contributed by atoms with Crippen molar-refractivity contribution in [3.05, 3.63) is 59.7 Å². The summed E-state index contributed by atoms with van der Waals surface area (Å²) in [6.07, 6.45) is 1.41. The van der Waals surface area contributed by atoms with E-state index in [1.165, 1.54) is 11.1 Å². The van der Waals surface area contributed by atoms with Gasteiger partial charge in [-0.3, -0.25) is 0 Å². The lowest BCUT2D eigenvalue weighted by molar-refractivity contribution is -0.157. The van der Waals surface area contributed by atoms with Gasteiger partial charge in [0.2, 0.25) is 0 Å². The molecule has 43 heavy (non-hydrogen) atoms. The van der Waals surface area contributed by atoms with Gasteiger partial charge in [0.15, 0.2) is 12.6 Å². The van der Waals surface area contributed by atoms with Crippen LogP contribution in [0.3, 0.4) is 0 Å². The molecule has 8 heteroatoms. The largest absolute Gasteiger partial charge is 0.465 e. The standard InChI is InChI=1S/C35H52O8/c1-7-34(23-38-24-34)21-36-17-19-40-27(3)42-31-13-9-29(10-14-31)33(5,6)30-11-15-32(16-12-30)43-28(4)41-20-18-37-22-35(8-2)25-39-26-35/h9-16,27-28H,7-8,17-26H2,1-6H3. The van der Waals surface area contributed by atoms with E-state index in [-0.39, 0.29) is 28.8 Å². The molecule has 2 unspecified atom stereocenters. The summed E-state index contributed by atoms with van der Waals surface area (Å²) < 4.78 is 45.9. The SMILES string of the molecule is CCC1(COCCOC(C)Oc2ccc(C(C)(C)c3ccc(OC(C)OCCOCC4(CC)COC4)cc3)cc2)COC1. The zero-order valence-electron chi connectivity index (χ0n) is 27.0. The van der Waals surface area contributed by atoms with Crippen LogP contribution in [0.25, 0.3) is 0 Å². The fraction of sp³-hybridized carbons (Fsp3) is 0.657. The molecule has 0 N–H and O–H groups in total. The van der Waals surface area contributed by atoms with Gasteiger partial charge in [0, 0.05) is 16.2 Å². The zero-order chi connectivity index (χ0) is 30.8. The maximum atomic E-state index is 5.97. The highest BCUT2D eigenvalue weighted by Gasteiger charge is 2.37. The summed E-state index contributed by atoms with van der Waals surface area (Å²) in [6.45, 7) is 19.3. The van der Waals surface area contributed by atoms with Gasteiger partial charge in [0.1, 0.15) is 11.5 Å². The van der Waals surface area contributed by atoms with E-state index in [2.05, 4.69) is 52.0 Å². The average molecular weight is 601 g/mol. The van der Waals surface area contributed by atoms with E-state index >= 15 is 0 Å². The maximum Gasteiger partial charge on any atom is 0.197 e. The predicted molar refractivity (Wildman–Crippen MR) is 166 cm³/mol. The molecule has 0 spiro atoms. The molecule has 2 aromatic carbocycles. The maximum absolute atomic E-state index is 5.97. The number of rotatable bonds is 20. The molecule has 0 radical (unpaired) electrons. The van der Waals surface area contributed by atoms with Crippen LogP contribution >= 0.6 is 0 Å². The minimum atomic E-state index is -0.364. The van der Waals surface area contributed by atoms with Gasteiger partial charge in [-0.1, -0.05) is 52.0 Å². The van der Waals surface area contributed by atoms with Crippen LogP contribution in [0.5, 0.6) is 11.5 Å². The van der Waals surface area contributed by atoms with Gasteiger partial charge in [-0.25, -0.2) is 0 Å². The van der Waals surface area contributed by atoms with Crippen molar-refractivity contribution in [2.45, 2.75) is 72.4 Å². The Morgan fingerprint density at radius 3 is 1.30 bits per heavy atom. The van der Waals surface area contributed by atoms with Crippen LogP contribution < -0.4 is 9.47 Å². The molecule has 0 bridgehead atoms. The number of hydrogen-bond acceptors (Lipinski definition) is 8. The van der Waals surface area contributed by atoms with Gasteiger partial charge < -0.3 is 37.9 Å². The van der Waals surface area contributed by atoms with Crippen molar-refractivity contribution in [1.82, 2.24) is 0 Å². The second-order valence-electron chi connectivity index (χ2n) is 12.6. The van der Waals surface area contributed by atoms with Crippen molar-refractivity contribution >= 4 is 0 Å². The number of hydrogen-bond donors (Lipinski definition) is 0. The first-order valence-electron chi connectivity index (χ1n) is 15.8. The van der Waals surface area contributed by atoms with E-state index in [0.29, 0.717) is 26.4 Å². The third kappa shape index (κ3) is 9.40. The van der Waals surface area contributed by atoms with E-state index in [9.17, 15) is 0 Å². The Kier molecular flexibility index (Phi) is 12.3. The van der Waals surface area contributed by atoms with E-state index in [1.54, 1.807) is 0 Å². The highest BCUT2D eigenvalue weighted by atomic mass is 16.7. The van der Waals surface area contributed by atoms with E-state index in [1.807, 2.05) is 38.1 Å². The lowest BCUT2D eigenvalue weighted by atomic mass is 9.78. The summed E-state index contributed by atoms with van der Waals surface area (Å²) in [6, 6.07) is 16.4. The molecule has 0 amide bonds. The fourth-order valence-corrected chi connectivity index (χ4v) is 5.20. The summed E-state index contributed by atoms with van der Waals surface area (Å²) in [5.41, 5.74) is 2.57. The molecule has 0 saturated carbocycles. The lowest BCUT2D eigenvalue weighted by Gasteiger charge is -2.40. The fourth-order valence-electron chi connectivity index (χ4n) is 5.20. The van der Waals surface area contributed by atoms with Gasteiger partial charge in [0.05, 0.1) is 66.1 Å². The van der Waals surface area contributed by atoms with Crippen molar-refractivity contribution in [1.29, 1.82) is 0 Å². The van der Waals surface area contributed by atoms with Crippen LogP contribution in [0.4, 0.5) is 0 Å². The number of benzene rings is 2. The normalized spacial score (nSPS) is 18.7. The van der Waals surface area contributed by atoms with E-state index in [0.717, 1.165) is 64.0 Å². The van der Waals surface area contributed by atoms with Crippen molar-refractivity contribution in [3.8, 4) is 11.5 Å². The van der Waals surface area contributed by atoms with Crippen LogP contribution in [0, 0.1) is 10.8 Å². The Hall–Kier alpha value is -2.20. The summed E-state index contributed by atoms with van der Waals surface area (Å²) >= 11 is 0. The molecule has 2 saturated heterocycles. The third-order valence-electron chi connectivity index (χ3n) is 8.87. The Morgan fingerprint density at radius 2 is 1.00 bits per heavy atom. The lowest BCUT2D eigenvalue weighted by Crippen LogP contribution is -2.45. The highest BCUT2D eigenvalue weighted by molar-refractivity contribution is 5.41. The molecule has 2 aliphatic rings. The van der Waals surface area contributed by atoms with E-state index in [4.69, 9.17) is 37.9 Å². The van der Waals surface area contributed by atoms with Crippen LogP contribution in [-0.2, 0) is 33.8 Å². The molecule has 0 aromatic heterocycles. The highest BCUT2D eigenvalue weighted by Crippen LogP contribution is 2.34.